The van der Waals surface area contributed by atoms with Gasteiger partial charge in [0, 0.05) is 12.6 Å². The van der Waals surface area contributed by atoms with Crippen molar-refractivity contribution in [3.63, 3.8) is 0 Å². The summed E-state index contributed by atoms with van der Waals surface area (Å²) in [4.78, 5) is 2.16. The third-order valence-corrected chi connectivity index (χ3v) is 4.37. The summed E-state index contributed by atoms with van der Waals surface area (Å²) in [7, 11) is 2.02. The zero-order valence-electron chi connectivity index (χ0n) is 12.4. The summed E-state index contributed by atoms with van der Waals surface area (Å²) in [5.74, 6) is 0.612. The Kier molecular flexibility index (Phi) is 5.17. The highest BCUT2D eigenvalue weighted by molar-refractivity contribution is 5.21. The molecule has 0 amide bonds. The Morgan fingerprint density at radius 2 is 2.05 bits per heavy atom. The van der Waals surface area contributed by atoms with Crippen molar-refractivity contribution in [3.8, 4) is 6.07 Å². The second-order valence-electron chi connectivity index (χ2n) is 6.01. The molecule has 1 fully saturated rings. The highest BCUT2D eigenvalue weighted by atomic mass is 16.3. The average Bonchev–Trinajstić information content (AvgIpc) is 2.46. The van der Waals surface area contributed by atoms with Crippen LogP contribution >= 0.6 is 0 Å². The van der Waals surface area contributed by atoms with E-state index in [0.717, 1.165) is 19.3 Å². The Balaban J connectivity index is 2.09. The first-order valence-corrected chi connectivity index (χ1v) is 7.44. The molecule has 1 aliphatic carbocycles. The summed E-state index contributed by atoms with van der Waals surface area (Å²) >= 11 is 0. The van der Waals surface area contributed by atoms with Gasteiger partial charge < -0.3 is 5.11 Å². The number of likely N-dealkylation sites (N-methyl/N-ethyl adjacent to an activating group) is 1. The molecule has 3 nitrogen and oxygen atoms in total. The molecule has 2 rings (SSSR count). The van der Waals surface area contributed by atoms with Crippen LogP contribution in [-0.4, -0.2) is 35.7 Å². The van der Waals surface area contributed by atoms with Gasteiger partial charge >= 0.3 is 0 Å². The van der Waals surface area contributed by atoms with Gasteiger partial charge in [0.1, 0.15) is 0 Å². The number of aliphatic hydroxyl groups excluding tert-OH is 1. The molecule has 0 aromatic heterocycles. The normalized spacial score (nSPS) is 28.1. The number of rotatable bonds is 4. The summed E-state index contributed by atoms with van der Waals surface area (Å²) in [5.41, 5.74) is 1.37. The predicted octanol–water partition coefficient (Wildman–Crippen LogP) is 2.78. The van der Waals surface area contributed by atoms with Gasteiger partial charge in [0.05, 0.1) is 18.1 Å². The molecular weight excluding hydrogens is 248 g/mol. The summed E-state index contributed by atoms with van der Waals surface area (Å²) in [6, 6.07) is 13.3. The zero-order chi connectivity index (χ0) is 14.5. The van der Waals surface area contributed by atoms with E-state index in [1.165, 1.54) is 5.56 Å². The molecule has 1 saturated carbocycles. The Morgan fingerprint density at radius 1 is 1.35 bits per heavy atom. The van der Waals surface area contributed by atoms with Crippen LogP contribution in [0.3, 0.4) is 0 Å². The van der Waals surface area contributed by atoms with E-state index in [9.17, 15) is 10.4 Å². The summed E-state index contributed by atoms with van der Waals surface area (Å²) in [6.45, 7) is 2.43. The lowest BCUT2D eigenvalue weighted by molar-refractivity contribution is 0.0832. The van der Waals surface area contributed by atoms with E-state index in [-0.39, 0.29) is 18.1 Å². The molecule has 0 spiro atoms. The van der Waals surface area contributed by atoms with Crippen LogP contribution in [-0.2, 0) is 0 Å². The van der Waals surface area contributed by atoms with Gasteiger partial charge in [0.25, 0.3) is 0 Å². The van der Waals surface area contributed by atoms with Crippen LogP contribution < -0.4 is 0 Å². The van der Waals surface area contributed by atoms with E-state index in [2.05, 4.69) is 35.2 Å². The van der Waals surface area contributed by atoms with Gasteiger partial charge in [-0.1, -0.05) is 30.3 Å². The number of hydrogen-bond acceptors (Lipinski definition) is 3. The first-order valence-electron chi connectivity index (χ1n) is 7.44. The molecule has 4 unspecified atom stereocenters. The number of nitrogens with zero attached hydrogens (tertiary/aromatic N) is 2. The van der Waals surface area contributed by atoms with E-state index in [1.54, 1.807) is 6.92 Å². The second kappa shape index (κ2) is 6.88. The molecule has 1 aliphatic rings. The minimum atomic E-state index is -0.351. The quantitative estimate of drug-likeness (QED) is 0.917. The molecule has 3 heteroatoms. The van der Waals surface area contributed by atoms with Gasteiger partial charge in [-0.25, -0.2) is 0 Å². The van der Waals surface area contributed by atoms with Gasteiger partial charge in [-0.15, -0.1) is 0 Å². The van der Waals surface area contributed by atoms with Gasteiger partial charge in [-0.2, -0.15) is 5.26 Å². The highest BCUT2D eigenvalue weighted by Gasteiger charge is 2.33. The monoisotopic (exact) mass is 272 g/mol. The Labute approximate surface area is 121 Å². The summed E-state index contributed by atoms with van der Waals surface area (Å²) < 4.78 is 0. The maximum atomic E-state index is 9.57. The van der Waals surface area contributed by atoms with Crippen molar-refractivity contribution in [3.05, 3.63) is 35.9 Å². The standard InChI is InChI=1S/C17H24N2O/c1-13(20)12-19(2)17-10-15(8-9-16(17)11-18)14-6-4-3-5-7-14/h3-7,13,15-17,20H,8-10,12H2,1-2H3. The SMILES string of the molecule is CC(O)CN(C)C1CC(c2ccccc2)CCC1C#N. The molecule has 1 aromatic rings. The maximum absolute atomic E-state index is 9.57. The van der Waals surface area contributed by atoms with E-state index in [4.69, 9.17) is 0 Å². The predicted molar refractivity (Wildman–Crippen MR) is 80.2 cm³/mol. The van der Waals surface area contributed by atoms with Crippen LogP contribution in [0.4, 0.5) is 0 Å². The Morgan fingerprint density at radius 3 is 2.65 bits per heavy atom. The minimum Gasteiger partial charge on any atom is -0.392 e. The first kappa shape index (κ1) is 15.0. The van der Waals surface area contributed by atoms with E-state index in [1.807, 2.05) is 13.1 Å². The fourth-order valence-corrected chi connectivity index (χ4v) is 3.36. The lowest BCUT2D eigenvalue weighted by Crippen LogP contribution is -2.44. The molecule has 1 N–H and O–H groups in total. The van der Waals surface area contributed by atoms with Crippen molar-refractivity contribution in [1.82, 2.24) is 4.90 Å². The van der Waals surface area contributed by atoms with Crippen LogP contribution in [0.1, 0.15) is 37.7 Å². The molecule has 4 atom stereocenters. The lowest BCUT2D eigenvalue weighted by Gasteiger charge is -2.39. The topological polar surface area (TPSA) is 47.3 Å². The number of nitriles is 1. The molecule has 0 heterocycles. The van der Waals surface area contributed by atoms with Crippen LogP contribution in [0.25, 0.3) is 0 Å². The van der Waals surface area contributed by atoms with Crippen LogP contribution in [0, 0.1) is 17.2 Å². The zero-order valence-corrected chi connectivity index (χ0v) is 12.4. The molecule has 1 aromatic carbocycles. The smallest absolute Gasteiger partial charge is 0.0672 e. The number of aliphatic hydroxyl groups is 1. The fourth-order valence-electron chi connectivity index (χ4n) is 3.36. The molecule has 20 heavy (non-hydrogen) atoms. The van der Waals surface area contributed by atoms with Crippen molar-refractivity contribution < 1.29 is 5.11 Å². The molecular formula is C17H24N2O. The minimum absolute atomic E-state index is 0.0821. The third kappa shape index (κ3) is 3.59. The average molecular weight is 272 g/mol. The Hall–Kier alpha value is -1.37. The van der Waals surface area contributed by atoms with Crippen molar-refractivity contribution in [2.24, 2.45) is 5.92 Å². The van der Waals surface area contributed by atoms with Crippen molar-refractivity contribution in [2.45, 2.75) is 44.2 Å². The lowest BCUT2D eigenvalue weighted by atomic mass is 9.75. The molecule has 0 saturated heterocycles. The van der Waals surface area contributed by atoms with Crippen molar-refractivity contribution in [1.29, 1.82) is 5.26 Å². The van der Waals surface area contributed by atoms with Crippen LogP contribution in [0.2, 0.25) is 0 Å². The van der Waals surface area contributed by atoms with Gasteiger partial charge in [0.2, 0.25) is 0 Å². The second-order valence-corrected chi connectivity index (χ2v) is 6.01. The van der Waals surface area contributed by atoms with Gasteiger partial charge in [-0.3, -0.25) is 4.90 Å². The van der Waals surface area contributed by atoms with Crippen LogP contribution in [0.15, 0.2) is 30.3 Å². The van der Waals surface area contributed by atoms with E-state index < -0.39 is 0 Å². The molecule has 0 bridgehead atoms. The molecule has 108 valence electrons. The highest BCUT2D eigenvalue weighted by Crippen LogP contribution is 2.37. The first-order chi connectivity index (χ1) is 9.61. The van der Waals surface area contributed by atoms with E-state index >= 15 is 0 Å². The molecule has 0 radical (unpaired) electrons. The Bertz CT molecular complexity index is 452. The van der Waals surface area contributed by atoms with Crippen LogP contribution in [0.5, 0.6) is 0 Å². The van der Waals surface area contributed by atoms with Crippen molar-refractivity contribution >= 4 is 0 Å². The van der Waals surface area contributed by atoms with Gasteiger partial charge in [0.15, 0.2) is 0 Å². The summed E-state index contributed by atoms with van der Waals surface area (Å²) in [6.07, 6.45) is 2.69. The van der Waals surface area contributed by atoms with Crippen molar-refractivity contribution in [2.75, 3.05) is 13.6 Å². The fraction of sp³-hybridized carbons (Fsp3) is 0.588. The van der Waals surface area contributed by atoms with Gasteiger partial charge in [-0.05, 0) is 44.7 Å². The maximum Gasteiger partial charge on any atom is 0.0672 e. The molecule has 0 aliphatic heterocycles. The largest absolute Gasteiger partial charge is 0.392 e. The number of hydrogen-bond donors (Lipinski definition) is 1. The van der Waals surface area contributed by atoms with E-state index in [0.29, 0.717) is 12.5 Å². The third-order valence-electron chi connectivity index (χ3n) is 4.37. The summed E-state index contributed by atoms with van der Waals surface area (Å²) in [5, 5.41) is 18.9. The number of benzene rings is 1.